The maximum atomic E-state index is 12.6. The smallest absolute Gasteiger partial charge is 0.341 e. The van der Waals surface area contributed by atoms with Crippen molar-refractivity contribution in [3.8, 4) is 0 Å². The maximum absolute atomic E-state index is 12.6. The van der Waals surface area contributed by atoms with Gasteiger partial charge in [0.05, 0.1) is 17.4 Å². The highest BCUT2D eigenvalue weighted by Crippen LogP contribution is 2.41. The third-order valence-electron chi connectivity index (χ3n) is 6.72. The van der Waals surface area contributed by atoms with Gasteiger partial charge >= 0.3 is 5.97 Å². The lowest BCUT2D eigenvalue weighted by molar-refractivity contribution is 0.0693. The molecule has 1 aromatic rings. The average molecular weight is 425 g/mol. The van der Waals surface area contributed by atoms with Gasteiger partial charge in [-0.3, -0.25) is 4.79 Å². The molecular formula is C26H36N2O3. The molecule has 1 N–H and O–H groups in total. The molecule has 3 rings (SSSR count). The molecule has 0 amide bonds. The molecule has 1 aromatic heterocycles. The fraction of sp³-hybridized carbons (Fsp3) is 0.538. The molecule has 2 heterocycles. The van der Waals surface area contributed by atoms with E-state index < -0.39 is 11.4 Å². The first-order chi connectivity index (χ1) is 14.5. The zero-order valence-electron chi connectivity index (χ0n) is 19.7. The van der Waals surface area contributed by atoms with E-state index in [0.29, 0.717) is 5.92 Å². The van der Waals surface area contributed by atoms with Crippen molar-refractivity contribution in [3.05, 3.63) is 63.1 Å². The number of hydrogen-bond acceptors (Lipinski definition) is 3. The van der Waals surface area contributed by atoms with Gasteiger partial charge in [-0.25, -0.2) is 4.79 Å². The second-order valence-corrected chi connectivity index (χ2v) is 10.2. The van der Waals surface area contributed by atoms with Crippen molar-refractivity contribution >= 4 is 11.7 Å². The second-order valence-electron chi connectivity index (χ2n) is 10.2. The van der Waals surface area contributed by atoms with E-state index in [2.05, 4.69) is 64.8 Å². The normalized spacial score (nSPS) is 22.2. The minimum atomic E-state index is -1.17. The first kappa shape index (κ1) is 23.1. The Hall–Kier alpha value is -2.56. The third-order valence-corrected chi connectivity index (χ3v) is 6.72. The number of aromatic nitrogens is 1. The van der Waals surface area contributed by atoms with Crippen molar-refractivity contribution in [2.75, 3.05) is 13.6 Å². The number of hydrogen-bond donors (Lipinski definition) is 1. The molecule has 0 radical (unpaired) electrons. The van der Waals surface area contributed by atoms with E-state index in [1.807, 2.05) is 4.57 Å². The van der Waals surface area contributed by atoms with E-state index >= 15 is 0 Å². The van der Waals surface area contributed by atoms with Gasteiger partial charge in [0, 0.05) is 25.9 Å². The minimum absolute atomic E-state index is 0.0588. The number of aromatic carboxylic acids is 1. The zero-order chi connectivity index (χ0) is 22.9. The monoisotopic (exact) mass is 424 g/mol. The van der Waals surface area contributed by atoms with Crippen LogP contribution >= 0.6 is 0 Å². The summed E-state index contributed by atoms with van der Waals surface area (Å²) in [6.07, 6.45) is 12.3. The molecule has 31 heavy (non-hydrogen) atoms. The fourth-order valence-electron chi connectivity index (χ4n) is 4.53. The van der Waals surface area contributed by atoms with E-state index in [-0.39, 0.29) is 17.0 Å². The topological polar surface area (TPSA) is 62.5 Å². The van der Waals surface area contributed by atoms with Crippen molar-refractivity contribution < 1.29 is 9.90 Å². The molecule has 2 aliphatic rings. The van der Waals surface area contributed by atoms with E-state index in [9.17, 15) is 14.7 Å². The standard InChI is InChI=1S/C26H36N2O3/c1-7-17(2)11-12-18-9-8-10-19(13-18)24-21-14-22(29)20(25(30)31)15-28(21)23(16-27(24)6)26(3,4)5/h8-10,14-15,17,23H,7,11-13,16H2,1-6H3,(H,30,31)/b24-19-/t17-,23?/m0/s1. The predicted molar refractivity (Wildman–Crippen MR) is 126 cm³/mol. The highest BCUT2D eigenvalue weighted by molar-refractivity contribution is 5.87. The number of carboxylic acids is 1. The van der Waals surface area contributed by atoms with Crippen LogP contribution in [0.4, 0.5) is 0 Å². The summed E-state index contributed by atoms with van der Waals surface area (Å²) in [5.41, 5.74) is 3.74. The minimum Gasteiger partial charge on any atom is -0.477 e. The zero-order valence-corrected chi connectivity index (χ0v) is 19.7. The van der Waals surface area contributed by atoms with Gasteiger partial charge in [-0.05, 0) is 36.2 Å². The maximum Gasteiger partial charge on any atom is 0.341 e. The molecule has 5 heteroatoms. The van der Waals surface area contributed by atoms with Gasteiger partial charge in [0.25, 0.3) is 0 Å². The Bertz CT molecular complexity index is 1000. The van der Waals surface area contributed by atoms with Crippen LogP contribution in [0.3, 0.4) is 0 Å². The summed E-state index contributed by atoms with van der Waals surface area (Å²) in [4.78, 5) is 26.5. The van der Waals surface area contributed by atoms with Gasteiger partial charge in [0.1, 0.15) is 5.56 Å². The SMILES string of the molecule is CC[C@H](C)CCC1=CC=C/C(=C2\c3cc(=O)c(C(=O)O)cn3C(C(C)(C)C)CN2C)C1. The Morgan fingerprint density at radius 1 is 1.32 bits per heavy atom. The lowest BCUT2D eigenvalue weighted by atomic mass is 9.83. The summed E-state index contributed by atoms with van der Waals surface area (Å²) >= 11 is 0. The molecule has 0 saturated heterocycles. The van der Waals surface area contributed by atoms with Gasteiger partial charge < -0.3 is 14.6 Å². The average Bonchev–Trinajstić information content (AvgIpc) is 2.70. The van der Waals surface area contributed by atoms with Crippen molar-refractivity contribution in [2.24, 2.45) is 11.3 Å². The molecule has 168 valence electrons. The van der Waals surface area contributed by atoms with Crippen molar-refractivity contribution in [1.29, 1.82) is 0 Å². The van der Waals surface area contributed by atoms with E-state index in [0.717, 1.165) is 30.8 Å². The number of allylic oxidation sites excluding steroid dienone is 5. The Labute approximate surface area is 185 Å². The lowest BCUT2D eigenvalue weighted by Crippen LogP contribution is -2.42. The van der Waals surface area contributed by atoms with E-state index in [1.54, 1.807) is 6.20 Å². The Morgan fingerprint density at radius 3 is 2.65 bits per heavy atom. The van der Waals surface area contributed by atoms with Gasteiger partial charge in [0.2, 0.25) is 0 Å². The van der Waals surface area contributed by atoms with E-state index in [1.165, 1.54) is 30.1 Å². The molecule has 0 spiro atoms. The highest BCUT2D eigenvalue weighted by atomic mass is 16.4. The summed E-state index contributed by atoms with van der Waals surface area (Å²) in [6, 6.07) is 1.58. The summed E-state index contributed by atoms with van der Waals surface area (Å²) in [5.74, 6) is -0.463. The largest absolute Gasteiger partial charge is 0.477 e. The predicted octanol–water partition coefficient (Wildman–Crippen LogP) is 5.50. The Morgan fingerprint density at radius 2 is 2.03 bits per heavy atom. The molecule has 2 atom stereocenters. The molecule has 1 aliphatic carbocycles. The molecule has 0 saturated carbocycles. The number of nitrogens with zero attached hydrogens (tertiary/aromatic N) is 2. The van der Waals surface area contributed by atoms with Gasteiger partial charge in [-0.15, -0.1) is 0 Å². The summed E-state index contributed by atoms with van der Waals surface area (Å²) < 4.78 is 2.03. The molecule has 1 aliphatic heterocycles. The van der Waals surface area contributed by atoms with Gasteiger partial charge in [-0.1, -0.05) is 64.8 Å². The second kappa shape index (κ2) is 8.89. The fourth-order valence-corrected chi connectivity index (χ4v) is 4.53. The number of carbonyl (C=O) groups is 1. The van der Waals surface area contributed by atoms with Crippen LogP contribution in [0.15, 0.2) is 46.4 Å². The van der Waals surface area contributed by atoms with Crippen LogP contribution in [0, 0.1) is 11.3 Å². The lowest BCUT2D eigenvalue weighted by Gasteiger charge is -2.44. The number of rotatable bonds is 5. The quantitative estimate of drug-likeness (QED) is 0.678. The molecule has 0 bridgehead atoms. The van der Waals surface area contributed by atoms with Gasteiger partial charge in [0.15, 0.2) is 5.43 Å². The van der Waals surface area contributed by atoms with Crippen molar-refractivity contribution in [1.82, 2.24) is 9.47 Å². The van der Waals surface area contributed by atoms with Crippen molar-refractivity contribution in [2.45, 2.75) is 66.3 Å². The van der Waals surface area contributed by atoms with E-state index in [4.69, 9.17) is 0 Å². The summed E-state index contributed by atoms with van der Waals surface area (Å²) in [5, 5.41) is 9.53. The van der Waals surface area contributed by atoms with Crippen LogP contribution in [-0.4, -0.2) is 34.1 Å². The van der Waals surface area contributed by atoms with Crippen molar-refractivity contribution in [3.63, 3.8) is 0 Å². The van der Waals surface area contributed by atoms with Crippen LogP contribution in [0.5, 0.6) is 0 Å². The van der Waals surface area contributed by atoms with Crippen LogP contribution in [-0.2, 0) is 0 Å². The third kappa shape index (κ3) is 4.86. The number of likely N-dealkylation sites (N-methyl/N-ethyl adjacent to an activating group) is 1. The molecule has 0 fully saturated rings. The molecular weight excluding hydrogens is 388 g/mol. The summed E-state index contributed by atoms with van der Waals surface area (Å²) in [6.45, 7) is 11.8. The molecule has 5 nitrogen and oxygen atoms in total. The first-order valence-electron chi connectivity index (χ1n) is 11.3. The van der Waals surface area contributed by atoms with Crippen LogP contribution in [0.1, 0.15) is 82.4 Å². The van der Waals surface area contributed by atoms with Gasteiger partial charge in [-0.2, -0.15) is 0 Å². The number of fused-ring (bicyclic) bond motifs is 1. The highest BCUT2D eigenvalue weighted by Gasteiger charge is 2.35. The number of pyridine rings is 1. The summed E-state index contributed by atoms with van der Waals surface area (Å²) in [7, 11) is 2.07. The Kier molecular flexibility index (Phi) is 6.63. The molecule has 1 unspecified atom stereocenters. The molecule has 0 aromatic carbocycles. The Balaban J connectivity index is 2.09. The van der Waals surface area contributed by atoms with Crippen LogP contribution in [0.25, 0.3) is 5.70 Å². The number of carboxylic acid groups (broad SMARTS) is 1. The van der Waals surface area contributed by atoms with Crippen LogP contribution in [0.2, 0.25) is 0 Å². The van der Waals surface area contributed by atoms with Crippen LogP contribution < -0.4 is 5.43 Å². The first-order valence-corrected chi connectivity index (χ1v) is 11.3.